The smallest absolute Gasteiger partial charge is 0.253 e. The van der Waals surface area contributed by atoms with Gasteiger partial charge in [-0.2, -0.15) is 5.26 Å². The van der Waals surface area contributed by atoms with E-state index in [0.29, 0.717) is 23.2 Å². The molecule has 0 bridgehead atoms. The third-order valence-corrected chi connectivity index (χ3v) is 3.31. The number of amides is 2. The van der Waals surface area contributed by atoms with Crippen LogP contribution in [0.25, 0.3) is 0 Å². The zero-order chi connectivity index (χ0) is 16.8. The molecule has 0 fully saturated rings. The molecule has 0 heterocycles. The quantitative estimate of drug-likeness (QED) is 0.941. The van der Waals surface area contributed by atoms with Crippen LogP contribution in [-0.4, -0.2) is 30.8 Å². The fourth-order valence-electron chi connectivity index (χ4n) is 2.04. The van der Waals surface area contributed by atoms with Gasteiger partial charge >= 0.3 is 0 Å². The van der Waals surface area contributed by atoms with Crippen LogP contribution in [0.4, 0.5) is 0 Å². The Labute approximate surface area is 135 Å². The molecule has 23 heavy (non-hydrogen) atoms. The molecule has 0 spiro atoms. The second-order valence-corrected chi connectivity index (χ2v) is 5.27. The van der Waals surface area contributed by atoms with Crippen LogP contribution in [0.3, 0.4) is 0 Å². The number of nitrogens with one attached hydrogen (secondary N) is 1. The fourth-order valence-corrected chi connectivity index (χ4v) is 2.04. The molecule has 0 aliphatic rings. The number of nitrogens with zero attached hydrogens (tertiary/aromatic N) is 2. The van der Waals surface area contributed by atoms with E-state index in [1.807, 2.05) is 18.2 Å². The predicted molar refractivity (Wildman–Crippen MR) is 86.8 cm³/mol. The first kappa shape index (κ1) is 16.2. The number of rotatable bonds is 4. The van der Waals surface area contributed by atoms with Gasteiger partial charge < -0.3 is 10.2 Å². The monoisotopic (exact) mass is 307 g/mol. The molecule has 2 amide bonds. The second-order valence-electron chi connectivity index (χ2n) is 5.27. The molecule has 116 valence electrons. The normalized spacial score (nSPS) is 9.78. The van der Waals surface area contributed by atoms with Gasteiger partial charge in [-0.05, 0) is 35.9 Å². The fraction of sp³-hybridized carbons (Fsp3) is 0.167. The van der Waals surface area contributed by atoms with E-state index in [1.165, 1.54) is 4.90 Å². The van der Waals surface area contributed by atoms with Crippen LogP contribution in [0.2, 0.25) is 0 Å². The molecular formula is C18H17N3O2. The minimum Gasteiger partial charge on any atom is -0.348 e. The van der Waals surface area contributed by atoms with Crippen molar-refractivity contribution in [1.82, 2.24) is 10.2 Å². The lowest BCUT2D eigenvalue weighted by Gasteiger charge is -2.11. The summed E-state index contributed by atoms with van der Waals surface area (Å²) in [5.74, 6) is -0.301. The van der Waals surface area contributed by atoms with Crippen LogP contribution in [-0.2, 0) is 6.54 Å². The Morgan fingerprint density at radius 2 is 1.78 bits per heavy atom. The van der Waals surface area contributed by atoms with Gasteiger partial charge in [-0.1, -0.05) is 18.2 Å². The summed E-state index contributed by atoms with van der Waals surface area (Å²) in [6.45, 7) is 0.353. The lowest BCUT2D eigenvalue weighted by Crippen LogP contribution is -2.23. The van der Waals surface area contributed by atoms with Crippen molar-refractivity contribution in [3.63, 3.8) is 0 Å². The third kappa shape index (κ3) is 4.17. The number of benzene rings is 2. The van der Waals surface area contributed by atoms with E-state index in [9.17, 15) is 9.59 Å². The Morgan fingerprint density at radius 1 is 1.09 bits per heavy atom. The molecule has 1 N–H and O–H groups in total. The zero-order valence-corrected chi connectivity index (χ0v) is 13.0. The molecule has 5 nitrogen and oxygen atoms in total. The minimum atomic E-state index is -0.240. The van der Waals surface area contributed by atoms with Crippen LogP contribution in [0.15, 0.2) is 48.5 Å². The summed E-state index contributed by atoms with van der Waals surface area (Å²) in [4.78, 5) is 25.4. The van der Waals surface area contributed by atoms with E-state index in [4.69, 9.17) is 5.26 Å². The van der Waals surface area contributed by atoms with Gasteiger partial charge in [0.15, 0.2) is 0 Å². The maximum absolute atomic E-state index is 12.1. The van der Waals surface area contributed by atoms with Crippen molar-refractivity contribution in [1.29, 1.82) is 5.26 Å². The molecule has 0 saturated carbocycles. The SMILES string of the molecule is CN(C)C(=O)c1ccc(CNC(=O)c2cccc(C#N)c2)cc1. The van der Waals surface area contributed by atoms with E-state index < -0.39 is 0 Å². The van der Waals surface area contributed by atoms with Crippen molar-refractivity contribution in [3.8, 4) is 6.07 Å². The summed E-state index contributed by atoms with van der Waals surface area (Å²) < 4.78 is 0. The van der Waals surface area contributed by atoms with Crippen molar-refractivity contribution in [2.75, 3.05) is 14.1 Å². The van der Waals surface area contributed by atoms with Crippen molar-refractivity contribution in [2.24, 2.45) is 0 Å². The number of hydrogen-bond donors (Lipinski definition) is 1. The van der Waals surface area contributed by atoms with Crippen molar-refractivity contribution >= 4 is 11.8 Å². The van der Waals surface area contributed by atoms with Gasteiger partial charge in [-0.25, -0.2) is 0 Å². The van der Waals surface area contributed by atoms with Crippen LogP contribution >= 0.6 is 0 Å². The van der Waals surface area contributed by atoms with Gasteiger partial charge in [0.25, 0.3) is 11.8 Å². The molecule has 0 aliphatic carbocycles. The standard InChI is InChI=1S/C18H17N3O2/c1-21(2)18(23)15-8-6-13(7-9-15)12-20-17(22)16-5-3-4-14(10-16)11-19/h3-10H,12H2,1-2H3,(H,20,22). The lowest BCUT2D eigenvalue weighted by molar-refractivity contribution is 0.0827. The first-order valence-corrected chi connectivity index (χ1v) is 7.10. The maximum atomic E-state index is 12.1. The number of carbonyl (C=O) groups excluding carboxylic acids is 2. The van der Waals surface area contributed by atoms with E-state index in [1.54, 1.807) is 50.5 Å². The van der Waals surface area contributed by atoms with Crippen LogP contribution < -0.4 is 5.32 Å². The molecule has 2 aromatic rings. The second kappa shape index (κ2) is 7.23. The van der Waals surface area contributed by atoms with Crippen LogP contribution in [0, 0.1) is 11.3 Å². The largest absolute Gasteiger partial charge is 0.348 e. The average Bonchev–Trinajstić information content (AvgIpc) is 2.59. The van der Waals surface area contributed by atoms with E-state index >= 15 is 0 Å². The highest BCUT2D eigenvalue weighted by molar-refractivity contribution is 5.95. The Kier molecular flexibility index (Phi) is 5.11. The zero-order valence-electron chi connectivity index (χ0n) is 13.0. The molecule has 2 aromatic carbocycles. The predicted octanol–water partition coefficient (Wildman–Crippen LogP) is 2.19. The molecule has 0 unspecified atom stereocenters. The van der Waals surface area contributed by atoms with Crippen molar-refractivity contribution in [3.05, 3.63) is 70.8 Å². The molecule has 5 heteroatoms. The van der Waals surface area contributed by atoms with Crippen LogP contribution in [0.1, 0.15) is 31.8 Å². The highest BCUT2D eigenvalue weighted by Crippen LogP contribution is 2.08. The van der Waals surface area contributed by atoms with Gasteiger partial charge in [-0.15, -0.1) is 0 Å². The van der Waals surface area contributed by atoms with Gasteiger partial charge in [0.05, 0.1) is 11.6 Å². The first-order chi connectivity index (χ1) is 11.0. The highest BCUT2D eigenvalue weighted by atomic mass is 16.2. The van der Waals surface area contributed by atoms with Gasteiger partial charge in [0.2, 0.25) is 0 Å². The van der Waals surface area contributed by atoms with E-state index in [0.717, 1.165) is 5.56 Å². The van der Waals surface area contributed by atoms with Gasteiger partial charge in [0, 0.05) is 31.8 Å². The summed E-state index contributed by atoms with van der Waals surface area (Å²) in [6.07, 6.45) is 0. The molecule has 0 aromatic heterocycles. The Hall–Kier alpha value is -3.13. The Bertz CT molecular complexity index is 759. The molecule has 0 saturated heterocycles. The van der Waals surface area contributed by atoms with Gasteiger partial charge in [0.1, 0.15) is 0 Å². The maximum Gasteiger partial charge on any atom is 0.253 e. The molecule has 0 atom stereocenters. The topological polar surface area (TPSA) is 73.2 Å². The number of carbonyl (C=O) groups is 2. The van der Waals surface area contributed by atoms with Crippen molar-refractivity contribution in [2.45, 2.75) is 6.54 Å². The Morgan fingerprint density at radius 3 is 2.39 bits per heavy atom. The summed E-state index contributed by atoms with van der Waals surface area (Å²) >= 11 is 0. The molecular weight excluding hydrogens is 290 g/mol. The van der Waals surface area contributed by atoms with E-state index in [2.05, 4.69) is 5.32 Å². The first-order valence-electron chi connectivity index (χ1n) is 7.10. The lowest BCUT2D eigenvalue weighted by atomic mass is 10.1. The Balaban J connectivity index is 1.99. The highest BCUT2D eigenvalue weighted by Gasteiger charge is 2.08. The van der Waals surface area contributed by atoms with Gasteiger partial charge in [-0.3, -0.25) is 9.59 Å². The summed E-state index contributed by atoms with van der Waals surface area (Å²) in [5.41, 5.74) is 2.39. The summed E-state index contributed by atoms with van der Waals surface area (Å²) in [5, 5.41) is 11.6. The third-order valence-electron chi connectivity index (χ3n) is 3.31. The van der Waals surface area contributed by atoms with Crippen LogP contribution in [0.5, 0.6) is 0 Å². The molecule has 0 aliphatic heterocycles. The minimum absolute atomic E-state index is 0.0612. The van der Waals surface area contributed by atoms with Crippen molar-refractivity contribution < 1.29 is 9.59 Å². The number of hydrogen-bond acceptors (Lipinski definition) is 3. The molecule has 0 radical (unpaired) electrons. The summed E-state index contributed by atoms with van der Waals surface area (Å²) in [7, 11) is 3.40. The average molecular weight is 307 g/mol. The number of nitriles is 1. The molecule has 2 rings (SSSR count). The van der Waals surface area contributed by atoms with E-state index in [-0.39, 0.29) is 11.8 Å². The summed E-state index contributed by atoms with van der Waals surface area (Å²) in [6, 6.07) is 15.6.